The van der Waals surface area contributed by atoms with Crippen LogP contribution >= 0.6 is 0 Å². The number of benzene rings is 2. The SMILES string of the molecule is CC(=O)N1CCC[C@](Cc2ccccc2-c2ccccc2)(C(=O)N(C)C)C1. The smallest absolute Gasteiger partial charge is 0.230 e. The van der Waals surface area contributed by atoms with Crippen molar-refractivity contribution in [2.24, 2.45) is 5.41 Å². The van der Waals surface area contributed by atoms with E-state index in [0.29, 0.717) is 13.0 Å². The summed E-state index contributed by atoms with van der Waals surface area (Å²) in [6.07, 6.45) is 2.29. The van der Waals surface area contributed by atoms with Gasteiger partial charge < -0.3 is 9.80 Å². The molecular formula is C23H28N2O2. The summed E-state index contributed by atoms with van der Waals surface area (Å²) in [5.41, 5.74) is 2.89. The van der Waals surface area contributed by atoms with E-state index in [1.807, 2.05) is 35.2 Å². The van der Waals surface area contributed by atoms with E-state index in [0.717, 1.165) is 36.1 Å². The average molecular weight is 364 g/mol. The Balaban J connectivity index is 2.01. The lowest BCUT2D eigenvalue weighted by molar-refractivity contribution is -0.146. The second kappa shape index (κ2) is 7.95. The highest BCUT2D eigenvalue weighted by Gasteiger charge is 2.44. The van der Waals surface area contributed by atoms with Gasteiger partial charge in [-0.1, -0.05) is 54.6 Å². The Labute approximate surface area is 161 Å². The van der Waals surface area contributed by atoms with E-state index in [1.54, 1.807) is 25.9 Å². The highest BCUT2D eigenvalue weighted by Crippen LogP contribution is 2.38. The first-order valence-electron chi connectivity index (χ1n) is 9.53. The molecule has 3 rings (SSSR count). The lowest BCUT2D eigenvalue weighted by Gasteiger charge is -2.43. The van der Waals surface area contributed by atoms with Crippen LogP contribution in [0, 0.1) is 5.41 Å². The van der Waals surface area contributed by atoms with Gasteiger partial charge in [0.1, 0.15) is 0 Å². The second-order valence-corrected chi connectivity index (χ2v) is 7.72. The van der Waals surface area contributed by atoms with Crippen LogP contribution < -0.4 is 0 Å². The topological polar surface area (TPSA) is 40.6 Å². The minimum Gasteiger partial charge on any atom is -0.348 e. The third-order valence-corrected chi connectivity index (χ3v) is 5.51. The highest BCUT2D eigenvalue weighted by molar-refractivity contribution is 5.85. The van der Waals surface area contributed by atoms with E-state index >= 15 is 0 Å². The van der Waals surface area contributed by atoms with E-state index in [2.05, 4.69) is 24.3 Å². The molecule has 0 unspecified atom stereocenters. The van der Waals surface area contributed by atoms with Crippen LogP contribution in [0.25, 0.3) is 11.1 Å². The summed E-state index contributed by atoms with van der Waals surface area (Å²) in [6, 6.07) is 18.6. The molecule has 1 heterocycles. The third kappa shape index (κ3) is 4.05. The van der Waals surface area contributed by atoms with Crippen LogP contribution in [0.5, 0.6) is 0 Å². The zero-order valence-electron chi connectivity index (χ0n) is 16.4. The Bertz CT molecular complexity index is 816. The number of hydrogen-bond acceptors (Lipinski definition) is 2. The molecule has 2 aromatic rings. The summed E-state index contributed by atoms with van der Waals surface area (Å²) >= 11 is 0. The van der Waals surface area contributed by atoms with Crippen LogP contribution in [-0.2, 0) is 16.0 Å². The number of carbonyl (C=O) groups excluding carboxylic acids is 2. The Morgan fingerprint density at radius 2 is 1.70 bits per heavy atom. The molecule has 142 valence electrons. The number of rotatable bonds is 4. The molecule has 2 amide bonds. The van der Waals surface area contributed by atoms with Crippen LogP contribution in [0.1, 0.15) is 25.3 Å². The van der Waals surface area contributed by atoms with Crippen molar-refractivity contribution in [1.29, 1.82) is 0 Å². The molecule has 0 radical (unpaired) electrons. The number of nitrogens with zero attached hydrogens (tertiary/aromatic N) is 2. The van der Waals surface area contributed by atoms with Crippen molar-refractivity contribution in [3.8, 4) is 11.1 Å². The predicted molar refractivity (Wildman–Crippen MR) is 108 cm³/mol. The minimum atomic E-state index is -0.571. The van der Waals surface area contributed by atoms with Gasteiger partial charge in [-0.2, -0.15) is 0 Å². The van der Waals surface area contributed by atoms with Crippen molar-refractivity contribution >= 4 is 11.8 Å². The Morgan fingerprint density at radius 3 is 2.37 bits per heavy atom. The molecule has 0 spiro atoms. The van der Waals surface area contributed by atoms with Crippen molar-refractivity contribution in [3.05, 3.63) is 60.2 Å². The van der Waals surface area contributed by atoms with Gasteiger partial charge in [0, 0.05) is 34.1 Å². The lowest BCUT2D eigenvalue weighted by Crippen LogP contribution is -2.53. The summed E-state index contributed by atoms with van der Waals surface area (Å²) in [7, 11) is 3.61. The van der Waals surface area contributed by atoms with Gasteiger partial charge in [-0.05, 0) is 36.0 Å². The van der Waals surface area contributed by atoms with Crippen LogP contribution in [0.4, 0.5) is 0 Å². The summed E-state index contributed by atoms with van der Waals surface area (Å²) in [5, 5.41) is 0. The molecule has 0 aliphatic carbocycles. The molecule has 0 bridgehead atoms. The van der Waals surface area contributed by atoms with Gasteiger partial charge in [-0.25, -0.2) is 0 Å². The fourth-order valence-electron chi connectivity index (χ4n) is 4.21. The minimum absolute atomic E-state index is 0.0435. The maximum atomic E-state index is 13.2. The van der Waals surface area contributed by atoms with E-state index < -0.39 is 5.41 Å². The van der Waals surface area contributed by atoms with Gasteiger partial charge in [0.25, 0.3) is 0 Å². The van der Waals surface area contributed by atoms with Crippen molar-refractivity contribution < 1.29 is 9.59 Å². The van der Waals surface area contributed by atoms with Gasteiger partial charge >= 0.3 is 0 Å². The maximum Gasteiger partial charge on any atom is 0.230 e. The molecule has 0 N–H and O–H groups in total. The van der Waals surface area contributed by atoms with Gasteiger partial charge in [-0.15, -0.1) is 0 Å². The quantitative estimate of drug-likeness (QED) is 0.831. The molecule has 1 aliphatic rings. The molecule has 1 atom stereocenters. The molecular weight excluding hydrogens is 336 g/mol. The number of carbonyl (C=O) groups is 2. The Hall–Kier alpha value is -2.62. The van der Waals surface area contributed by atoms with E-state index in [1.165, 1.54) is 0 Å². The van der Waals surface area contributed by atoms with E-state index in [4.69, 9.17) is 0 Å². The lowest BCUT2D eigenvalue weighted by atomic mass is 9.73. The highest BCUT2D eigenvalue weighted by atomic mass is 16.2. The molecule has 1 aliphatic heterocycles. The zero-order chi connectivity index (χ0) is 19.4. The van der Waals surface area contributed by atoms with Crippen molar-refractivity contribution in [2.45, 2.75) is 26.2 Å². The Kier molecular flexibility index (Phi) is 5.64. The van der Waals surface area contributed by atoms with Crippen LogP contribution in [0.3, 0.4) is 0 Å². The van der Waals surface area contributed by atoms with Gasteiger partial charge in [-0.3, -0.25) is 9.59 Å². The molecule has 1 fully saturated rings. The van der Waals surface area contributed by atoms with E-state index in [9.17, 15) is 9.59 Å². The second-order valence-electron chi connectivity index (χ2n) is 7.72. The maximum absolute atomic E-state index is 13.2. The fraction of sp³-hybridized carbons (Fsp3) is 0.391. The predicted octanol–water partition coefficient (Wildman–Crippen LogP) is 3.61. The van der Waals surface area contributed by atoms with Crippen molar-refractivity contribution in [3.63, 3.8) is 0 Å². The number of piperidine rings is 1. The summed E-state index contributed by atoms with van der Waals surface area (Å²) < 4.78 is 0. The first-order valence-corrected chi connectivity index (χ1v) is 9.53. The van der Waals surface area contributed by atoms with E-state index in [-0.39, 0.29) is 11.8 Å². The van der Waals surface area contributed by atoms with Crippen molar-refractivity contribution in [1.82, 2.24) is 9.80 Å². The first kappa shape index (κ1) is 19.2. The van der Waals surface area contributed by atoms with Crippen molar-refractivity contribution in [2.75, 3.05) is 27.2 Å². The Morgan fingerprint density at radius 1 is 1.04 bits per heavy atom. The largest absolute Gasteiger partial charge is 0.348 e. The third-order valence-electron chi connectivity index (χ3n) is 5.51. The summed E-state index contributed by atoms with van der Waals surface area (Å²) in [5.74, 6) is 0.151. The van der Waals surface area contributed by atoms with Gasteiger partial charge in [0.05, 0.1) is 5.41 Å². The normalized spacial score (nSPS) is 19.6. The molecule has 2 aromatic carbocycles. The van der Waals surface area contributed by atoms with Gasteiger partial charge in [0.15, 0.2) is 0 Å². The summed E-state index contributed by atoms with van der Waals surface area (Å²) in [6.45, 7) is 2.81. The standard InChI is InChI=1S/C23H28N2O2/c1-18(26)25-15-9-14-23(17-25,22(27)24(2)3)16-20-12-7-8-13-21(20)19-10-5-4-6-11-19/h4-8,10-13H,9,14-17H2,1-3H3/t23-/m1/s1. The number of amides is 2. The number of hydrogen-bond donors (Lipinski definition) is 0. The summed E-state index contributed by atoms with van der Waals surface area (Å²) in [4.78, 5) is 28.8. The fourth-order valence-corrected chi connectivity index (χ4v) is 4.21. The monoisotopic (exact) mass is 364 g/mol. The molecule has 27 heavy (non-hydrogen) atoms. The molecule has 4 heteroatoms. The molecule has 0 aromatic heterocycles. The van der Waals surface area contributed by atoms with Crippen LogP contribution in [0.2, 0.25) is 0 Å². The molecule has 0 saturated carbocycles. The molecule has 4 nitrogen and oxygen atoms in total. The number of likely N-dealkylation sites (tertiary alicyclic amines) is 1. The van der Waals surface area contributed by atoms with Crippen LogP contribution in [0.15, 0.2) is 54.6 Å². The van der Waals surface area contributed by atoms with Gasteiger partial charge in [0.2, 0.25) is 11.8 Å². The average Bonchev–Trinajstić information content (AvgIpc) is 2.68. The first-order chi connectivity index (χ1) is 12.9. The zero-order valence-corrected chi connectivity index (χ0v) is 16.4. The van der Waals surface area contributed by atoms with Crippen LogP contribution in [-0.4, -0.2) is 48.8 Å². The molecule has 1 saturated heterocycles.